The fraction of sp³-hybridized carbons (Fsp3) is 0.412. The van der Waals surface area contributed by atoms with Crippen molar-refractivity contribution in [3.8, 4) is 0 Å². The highest BCUT2D eigenvalue weighted by Gasteiger charge is 2.25. The van der Waals surface area contributed by atoms with Crippen molar-refractivity contribution in [3.63, 3.8) is 0 Å². The standard InChI is InChI=1S/C17H19BrOS/c1-17(19,10-16-9-15(18)11-20-16)14-7-6-12-4-2-3-5-13(12)8-14/h6-9,11,19H,2-5,10H2,1H3. The van der Waals surface area contributed by atoms with Crippen LogP contribution in [0.3, 0.4) is 0 Å². The van der Waals surface area contributed by atoms with Gasteiger partial charge in [-0.05, 0) is 71.3 Å². The van der Waals surface area contributed by atoms with Gasteiger partial charge in [-0.3, -0.25) is 0 Å². The average molecular weight is 351 g/mol. The average Bonchev–Trinajstić information content (AvgIpc) is 2.83. The number of aliphatic hydroxyl groups is 1. The van der Waals surface area contributed by atoms with E-state index in [1.165, 1.54) is 35.3 Å². The van der Waals surface area contributed by atoms with Gasteiger partial charge in [-0.2, -0.15) is 0 Å². The van der Waals surface area contributed by atoms with Crippen LogP contribution in [-0.2, 0) is 24.9 Å². The SMILES string of the molecule is CC(O)(Cc1cc(Br)cs1)c1ccc2c(c1)CCCC2. The van der Waals surface area contributed by atoms with Crippen LogP contribution < -0.4 is 0 Å². The summed E-state index contributed by atoms with van der Waals surface area (Å²) >= 11 is 5.17. The number of hydrogen-bond donors (Lipinski definition) is 1. The highest BCUT2D eigenvalue weighted by molar-refractivity contribution is 9.10. The molecule has 20 heavy (non-hydrogen) atoms. The summed E-state index contributed by atoms with van der Waals surface area (Å²) in [5.74, 6) is 0. The Morgan fingerprint density at radius 2 is 1.95 bits per heavy atom. The van der Waals surface area contributed by atoms with Crippen LogP contribution in [0, 0.1) is 0 Å². The van der Waals surface area contributed by atoms with Crippen molar-refractivity contribution in [3.05, 3.63) is 55.7 Å². The summed E-state index contributed by atoms with van der Waals surface area (Å²) < 4.78 is 1.10. The number of aryl methyl sites for hydroxylation is 2. The lowest BCUT2D eigenvalue weighted by Crippen LogP contribution is -2.24. The molecule has 1 aliphatic carbocycles. The summed E-state index contributed by atoms with van der Waals surface area (Å²) in [7, 11) is 0. The summed E-state index contributed by atoms with van der Waals surface area (Å²) in [5.41, 5.74) is 3.15. The third-order valence-corrected chi connectivity index (χ3v) is 5.81. The van der Waals surface area contributed by atoms with Crippen molar-refractivity contribution in [1.29, 1.82) is 0 Å². The van der Waals surface area contributed by atoms with Crippen molar-refractivity contribution in [2.75, 3.05) is 0 Å². The first kappa shape index (κ1) is 14.3. The Hall–Kier alpha value is -0.640. The quantitative estimate of drug-likeness (QED) is 0.839. The molecule has 0 fully saturated rings. The van der Waals surface area contributed by atoms with Crippen LogP contribution >= 0.6 is 27.3 Å². The van der Waals surface area contributed by atoms with E-state index >= 15 is 0 Å². The second kappa shape index (κ2) is 5.63. The van der Waals surface area contributed by atoms with E-state index in [-0.39, 0.29) is 0 Å². The first-order valence-corrected chi connectivity index (χ1v) is 8.79. The summed E-state index contributed by atoms with van der Waals surface area (Å²) in [6.07, 6.45) is 5.59. The largest absolute Gasteiger partial charge is 0.385 e. The van der Waals surface area contributed by atoms with E-state index in [4.69, 9.17) is 0 Å². The molecular weight excluding hydrogens is 332 g/mol. The van der Waals surface area contributed by atoms with Crippen molar-refractivity contribution < 1.29 is 5.11 Å². The topological polar surface area (TPSA) is 20.2 Å². The lowest BCUT2D eigenvalue weighted by molar-refractivity contribution is 0.0583. The van der Waals surface area contributed by atoms with E-state index in [9.17, 15) is 5.11 Å². The van der Waals surface area contributed by atoms with E-state index in [2.05, 4.69) is 45.6 Å². The summed E-state index contributed by atoms with van der Waals surface area (Å²) in [6.45, 7) is 1.92. The predicted octanol–water partition coefficient (Wildman–Crippen LogP) is 4.84. The first-order valence-electron chi connectivity index (χ1n) is 7.12. The molecule has 1 unspecified atom stereocenters. The van der Waals surface area contributed by atoms with Gasteiger partial charge in [-0.1, -0.05) is 18.2 Å². The number of halogens is 1. The molecule has 1 heterocycles. The van der Waals surface area contributed by atoms with E-state index in [0.717, 1.165) is 16.5 Å². The molecule has 1 aliphatic rings. The molecule has 1 aromatic carbocycles. The molecule has 0 saturated heterocycles. The van der Waals surface area contributed by atoms with Crippen LogP contribution in [0.5, 0.6) is 0 Å². The van der Waals surface area contributed by atoms with Gasteiger partial charge in [0, 0.05) is 21.2 Å². The van der Waals surface area contributed by atoms with Gasteiger partial charge < -0.3 is 5.11 Å². The monoisotopic (exact) mass is 350 g/mol. The minimum absolute atomic E-state index is 0.669. The van der Waals surface area contributed by atoms with Crippen molar-refractivity contribution in [2.24, 2.45) is 0 Å². The normalized spacial score (nSPS) is 17.6. The number of benzene rings is 1. The maximum absolute atomic E-state index is 10.8. The first-order chi connectivity index (χ1) is 9.54. The third kappa shape index (κ3) is 3.00. The van der Waals surface area contributed by atoms with Gasteiger partial charge in [0.05, 0.1) is 5.60 Å². The molecule has 0 saturated carbocycles. The molecule has 3 heteroatoms. The highest BCUT2D eigenvalue weighted by Crippen LogP contribution is 2.32. The summed E-state index contributed by atoms with van der Waals surface area (Å²) in [6, 6.07) is 8.63. The second-order valence-corrected chi connectivity index (χ2v) is 7.78. The Morgan fingerprint density at radius 1 is 1.20 bits per heavy atom. The van der Waals surface area contributed by atoms with Gasteiger partial charge in [0.15, 0.2) is 0 Å². The molecule has 0 bridgehead atoms. The zero-order chi connectivity index (χ0) is 14.2. The van der Waals surface area contributed by atoms with Crippen LogP contribution in [0.2, 0.25) is 0 Å². The number of thiophene rings is 1. The fourth-order valence-corrected chi connectivity index (χ4v) is 4.56. The van der Waals surface area contributed by atoms with Gasteiger partial charge in [0.25, 0.3) is 0 Å². The maximum Gasteiger partial charge on any atom is 0.0916 e. The minimum Gasteiger partial charge on any atom is -0.385 e. The van der Waals surface area contributed by atoms with Gasteiger partial charge in [0.1, 0.15) is 0 Å². The van der Waals surface area contributed by atoms with Crippen molar-refractivity contribution in [2.45, 2.75) is 44.6 Å². The predicted molar refractivity (Wildman–Crippen MR) is 88.4 cm³/mol. The number of fused-ring (bicyclic) bond motifs is 1. The molecule has 3 rings (SSSR count). The van der Waals surface area contributed by atoms with Crippen LogP contribution in [0.4, 0.5) is 0 Å². The lowest BCUT2D eigenvalue weighted by atomic mass is 9.85. The third-order valence-electron chi connectivity index (χ3n) is 4.11. The Balaban J connectivity index is 1.86. The van der Waals surface area contributed by atoms with E-state index in [0.29, 0.717) is 6.42 Å². The van der Waals surface area contributed by atoms with Crippen LogP contribution in [0.25, 0.3) is 0 Å². The summed E-state index contributed by atoms with van der Waals surface area (Å²) in [5, 5.41) is 12.9. The maximum atomic E-state index is 10.8. The Kier molecular flexibility index (Phi) is 4.02. The molecule has 106 valence electrons. The van der Waals surface area contributed by atoms with Crippen molar-refractivity contribution >= 4 is 27.3 Å². The Morgan fingerprint density at radius 3 is 2.65 bits per heavy atom. The van der Waals surface area contributed by atoms with Gasteiger partial charge in [-0.15, -0.1) is 11.3 Å². The number of hydrogen-bond acceptors (Lipinski definition) is 2. The molecule has 0 amide bonds. The van der Waals surface area contributed by atoms with E-state index in [1.54, 1.807) is 11.3 Å². The van der Waals surface area contributed by atoms with Crippen molar-refractivity contribution in [1.82, 2.24) is 0 Å². The molecule has 1 nitrogen and oxygen atoms in total. The van der Waals surface area contributed by atoms with E-state index in [1.807, 2.05) is 6.92 Å². The molecule has 1 aromatic heterocycles. The Bertz CT molecular complexity index is 615. The number of rotatable bonds is 3. The second-order valence-electron chi connectivity index (χ2n) is 5.87. The molecule has 0 spiro atoms. The smallest absolute Gasteiger partial charge is 0.0916 e. The van der Waals surface area contributed by atoms with Crippen LogP contribution in [-0.4, -0.2) is 5.11 Å². The highest BCUT2D eigenvalue weighted by atomic mass is 79.9. The molecule has 1 atom stereocenters. The molecule has 2 aromatic rings. The minimum atomic E-state index is -0.795. The van der Waals surface area contributed by atoms with Gasteiger partial charge >= 0.3 is 0 Å². The molecule has 0 radical (unpaired) electrons. The zero-order valence-electron chi connectivity index (χ0n) is 11.7. The fourth-order valence-electron chi connectivity index (χ4n) is 2.96. The lowest BCUT2D eigenvalue weighted by Gasteiger charge is -2.26. The van der Waals surface area contributed by atoms with Crippen LogP contribution in [0.1, 0.15) is 41.3 Å². The zero-order valence-corrected chi connectivity index (χ0v) is 14.1. The van der Waals surface area contributed by atoms with E-state index < -0.39 is 5.60 Å². The van der Waals surface area contributed by atoms with Gasteiger partial charge in [-0.25, -0.2) is 0 Å². The molecular formula is C17H19BrOS. The Labute approximate surface area is 132 Å². The van der Waals surface area contributed by atoms with Crippen LogP contribution in [0.15, 0.2) is 34.1 Å². The summed E-state index contributed by atoms with van der Waals surface area (Å²) in [4.78, 5) is 1.21. The molecule has 0 aliphatic heterocycles. The van der Waals surface area contributed by atoms with Gasteiger partial charge in [0.2, 0.25) is 0 Å². The molecule has 1 N–H and O–H groups in total.